The Morgan fingerprint density at radius 1 is 1.47 bits per heavy atom. The first-order valence-corrected chi connectivity index (χ1v) is 6.83. The molecule has 4 nitrogen and oxygen atoms in total. The lowest BCUT2D eigenvalue weighted by molar-refractivity contribution is -0.131. The summed E-state index contributed by atoms with van der Waals surface area (Å²) in [7, 11) is 1.91. The van der Waals surface area contributed by atoms with Gasteiger partial charge in [0.25, 0.3) is 0 Å². The van der Waals surface area contributed by atoms with E-state index in [0.29, 0.717) is 5.92 Å². The molecule has 0 saturated carbocycles. The third kappa shape index (κ3) is 3.12. The van der Waals surface area contributed by atoms with Gasteiger partial charge in [0.2, 0.25) is 0 Å². The van der Waals surface area contributed by atoms with E-state index in [1.165, 1.54) is 0 Å². The van der Waals surface area contributed by atoms with Crippen LogP contribution in [0, 0.1) is 0 Å². The van der Waals surface area contributed by atoms with Crippen LogP contribution in [0.15, 0.2) is 24.4 Å². The molecule has 0 aromatic carbocycles. The summed E-state index contributed by atoms with van der Waals surface area (Å²) in [6.45, 7) is 4.23. The largest absolute Gasteiger partial charge is 0.478 e. The van der Waals surface area contributed by atoms with Crippen LogP contribution in [-0.2, 0) is 11.8 Å². The molecule has 0 aliphatic carbocycles. The van der Waals surface area contributed by atoms with Gasteiger partial charge in [0.05, 0.1) is 5.69 Å². The average molecular weight is 276 g/mol. The van der Waals surface area contributed by atoms with E-state index in [9.17, 15) is 4.79 Å². The van der Waals surface area contributed by atoms with Gasteiger partial charge in [-0.25, -0.2) is 4.79 Å². The van der Waals surface area contributed by atoms with Gasteiger partial charge in [-0.15, -0.1) is 11.3 Å². The molecular formula is C14H16N2O2S. The van der Waals surface area contributed by atoms with E-state index in [0.717, 1.165) is 27.1 Å². The maximum absolute atomic E-state index is 10.5. The van der Waals surface area contributed by atoms with Crippen molar-refractivity contribution >= 4 is 23.4 Å². The van der Waals surface area contributed by atoms with Gasteiger partial charge in [-0.05, 0) is 24.1 Å². The van der Waals surface area contributed by atoms with Crippen molar-refractivity contribution in [3.8, 4) is 10.4 Å². The molecule has 5 heteroatoms. The molecule has 0 amide bonds. The number of thiophene rings is 1. The lowest BCUT2D eigenvalue weighted by Crippen LogP contribution is -1.93. The van der Waals surface area contributed by atoms with E-state index in [2.05, 4.69) is 18.9 Å². The minimum atomic E-state index is -0.931. The molecule has 19 heavy (non-hydrogen) atoms. The van der Waals surface area contributed by atoms with Crippen LogP contribution >= 0.6 is 11.3 Å². The summed E-state index contributed by atoms with van der Waals surface area (Å²) in [5.41, 5.74) is 2.19. The first kappa shape index (κ1) is 13.5. The van der Waals surface area contributed by atoms with Gasteiger partial charge < -0.3 is 5.11 Å². The predicted molar refractivity (Wildman–Crippen MR) is 77.3 cm³/mol. The van der Waals surface area contributed by atoms with Crippen LogP contribution in [-0.4, -0.2) is 20.9 Å². The molecular weight excluding hydrogens is 260 g/mol. The Labute approximate surface area is 116 Å². The van der Waals surface area contributed by atoms with E-state index in [-0.39, 0.29) is 0 Å². The summed E-state index contributed by atoms with van der Waals surface area (Å²) < 4.78 is 1.82. The van der Waals surface area contributed by atoms with Gasteiger partial charge in [-0.3, -0.25) is 4.68 Å². The lowest BCUT2D eigenvalue weighted by atomic mass is 10.1. The van der Waals surface area contributed by atoms with Gasteiger partial charge in [0.15, 0.2) is 0 Å². The van der Waals surface area contributed by atoms with Crippen molar-refractivity contribution in [2.45, 2.75) is 19.8 Å². The highest BCUT2D eigenvalue weighted by atomic mass is 32.1. The molecule has 0 bridgehead atoms. The first-order valence-electron chi connectivity index (χ1n) is 6.02. The van der Waals surface area contributed by atoms with Gasteiger partial charge in [0.1, 0.15) is 0 Å². The highest BCUT2D eigenvalue weighted by Crippen LogP contribution is 2.33. The molecule has 0 aliphatic rings. The van der Waals surface area contributed by atoms with Gasteiger partial charge in [-0.2, -0.15) is 5.10 Å². The fourth-order valence-electron chi connectivity index (χ4n) is 1.86. The number of rotatable bonds is 4. The number of aryl methyl sites for hydroxylation is 1. The van der Waals surface area contributed by atoms with Crippen molar-refractivity contribution in [3.63, 3.8) is 0 Å². The molecule has 1 N–H and O–H groups in total. The zero-order valence-corrected chi connectivity index (χ0v) is 11.9. The molecule has 0 saturated heterocycles. The number of carbonyl (C=O) groups is 1. The maximum Gasteiger partial charge on any atom is 0.328 e. The number of aliphatic carboxylic acids is 1. The SMILES string of the molecule is CC(C)c1nn(C)cc1-c1ccc(/C=C/C(=O)O)s1. The monoisotopic (exact) mass is 276 g/mol. The van der Waals surface area contributed by atoms with Gasteiger partial charge >= 0.3 is 5.97 Å². The summed E-state index contributed by atoms with van der Waals surface area (Å²) in [5, 5.41) is 13.1. The van der Waals surface area contributed by atoms with Crippen molar-refractivity contribution in [2.24, 2.45) is 7.05 Å². The number of carboxylic acids is 1. The lowest BCUT2D eigenvalue weighted by Gasteiger charge is -2.02. The van der Waals surface area contributed by atoms with E-state index in [1.54, 1.807) is 17.4 Å². The standard InChI is InChI=1S/C14H16N2O2S/c1-9(2)14-11(8-16(3)15-14)12-6-4-10(19-12)5-7-13(17)18/h4-9H,1-3H3,(H,17,18)/b7-5+. The van der Waals surface area contributed by atoms with E-state index >= 15 is 0 Å². The summed E-state index contributed by atoms with van der Waals surface area (Å²) in [5.74, 6) is -0.574. The molecule has 2 aromatic rings. The highest BCUT2D eigenvalue weighted by molar-refractivity contribution is 7.16. The van der Waals surface area contributed by atoms with Crippen LogP contribution in [0.3, 0.4) is 0 Å². The Balaban J connectivity index is 2.35. The second kappa shape index (κ2) is 5.40. The summed E-state index contributed by atoms with van der Waals surface area (Å²) >= 11 is 1.57. The van der Waals surface area contributed by atoms with Crippen molar-refractivity contribution in [3.05, 3.63) is 35.0 Å². The van der Waals surface area contributed by atoms with Gasteiger partial charge in [0, 0.05) is 34.6 Å². The van der Waals surface area contributed by atoms with E-state index < -0.39 is 5.97 Å². The first-order chi connectivity index (χ1) is 8.97. The van der Waals surface area contributed by atoms with Gasteiger partial charge in [-0.1, -0.05) is 13.8 Å². The minimum Gasteiger partial charge on any atom is -0.478 e. The van der Waals surface area contributed by atoms with Crippen LogP contribution in [0.2, 0.25) is 0 Å². The van der Waals surface area contributed by atoms with Crippen LogP contribution in [0.5, 0.6) is 0 Å². The van der Waals surface area contributed by atoms with Crippen LogP contribution in [0.1, 0.15) is 30.3 Å². The Morgan fingerprint density at radius 3 is 2.84 bits per heavy atom. The molecule has 0 aliphatic heterocycles. The molecule has 2 rings (SSSR count). The quantitative estimate of drug-likeness (QED) is 0.871. The summed E-state index contributed by atoms with van der Waals surface area (Å²) in [4.78, 5) is 12.5. The zero-order valence-electron chi connectivity index (χ0n) is 11.1. The molecule has 2 heterocycles. The summed E-state index contributed by atoms with van der Waals surface area (Å²) in [6, 6.07) is 3.94. The Bertz CT molecular complexity index is 623. The zero-order chi connectivity index (χ0) is 14.0. The minimum absolute atomic E-state index is 0.358. The van der Waals surface area contributed by atoms with Crippen molar-refractivity contribution in [1.29, 1.82) is 0 Å². The maximum atomic E-state index is 10.5. The fraction of sp³-hybridized carbons (Fsp3) is 0.286. The fourth-order valence-corrected chi connectivity index (χ4v) is 2.79. The second-order valence-electron chi connectivity index (χ2n) is 4.63. The molecule has 0 spiro atoms. The molecule has 100 valence electrons. The number of aromatic nitrogens is 2. The molecule has 0 fully saturated rings. The van der Waals surface area contributed by atoms with Crippen molar-refractivity contribution < 1.29 is 9.90 Å². The van der Waals surface area contributed by atoms with E-state index in [1.807, 2.05) is 30.1 Å². The second-order valence-corrected chi connectivity index (χ2v) is 5.75. The number of hydrogen-bond acceptors (Lipinski definition) is 3. The number of hydrogen-bond donors (Lipinski definition) is 1. The molecule has 2 aromatic heterocycles. The third-order valence-electron chi connectivity index (χ3n) is 2.69. The topological polar surface area (TPSA) is 55.1 Å². The van der Waals surface area contributed by atoms with Crippen LogP contribution < -0.4 is 0 Å². The van der Waals surface area contributed by atoms with Crippen molar-refractivity contribution in [2.75, 3.05) is 0 Å². The molecule has 0 radical (unpaired) electrons. The smallest absolute Gasteiger partial charge is 0.328 e. The van der Waals surface area contributed by atoms with Crippen LogP contribution in [0.25, 0.3) is 16.5 Å². The Kier molecular flexibility index (Phi) is 3.85. The predicted octanol–water partition coefficient (Wildman–Crippen LogP) is 3.37. The van der Waals surface area contributed by atoms with Crippen LogP contribution in [0.4, 0.5) is 0 Å². The average Bonchev–Trinajstić information content (AvgIpc) is 2.92. The molecule has 0 atom stereocenters. The molecule has 0 unspecified atom stereocenters. The third-order valence-corrected chi connectivity index (χ3v) is 3.77. The number of carboxylic acid groups (broad SMARTS) is 1. The highest BCUT2D eigenvalue weighted by Gasteiger charge is 2.14. The van der Waals surface area contributed by atoms with E-state index in [4.69, 9.17) is 5.11 Å². The summed E-state index contributed by atoms with van der Waals surface area (Å²) in [6.07, 6.45) is 4.77. The Morgan fingerprint density at radius 2 is 2.21 bits per heavy atom. The van der Waals surface area contributed by atoms with Crippen molar-refractivity contribution in [1.82, 2.24) is 9.78 Å². The normalized spacial score (nSPS) is 11.6. The Hall–Kier alpha value is -1.88. The number of nitrogens with zero attached hydrogens (tertiary/aromatic N) is 2.